The van der Waals surface area contributed by atoms with Crippen molar-refractivity contribution in [3.05, 3.63) is 5.56 Å². The number of aromatic nitrogens is 2. The standard InChI is InChI=1S/C13H18N4O2S2/c1-2-5-19-12-10(8-14)11(15-13(16-12)21-9-18)17-3-6-20-7-4-17/h18H,2-7,9H2,1H3. The Balaban J connectivity index is 2.39. The first-order chi connectivity index (χ1) is 10.3. The van der Waals surface area contributed by atoms with Crippen molar-refractivity contribution in [3.8, 4) is 11.9 Å². The van der Waals surface area contributed by atoms with E-state index in [0.29, 0.717) is 29.0 Å². The molecule has 0 aromatic carbocycles. The quantitative estimate of drug-likeness (QED) is 0.481. The molecule has 8 heteroatoms. The van der Waals surface area contributed by atoms with Gasteiger partial charge >= 0.3 is 0 Å². The normalized spacial score (nSPS) is 14.8. The van der Waals surface area contributed by atoms with Crippen molar-refractivity contribution in [1.82, 2.24) is 9.97 Å². The van der Waals surface area contributed by atoms with Gasteiger partial charge in [0, 0.05) is 24.6 Å². The third-order valence-corrected chi connectivity index (χ3v) is 4.41. The lowest BCUT2D eigenvalue weighted by atomic mass is 10.3. The van der Waals surface area contributed by atoms with Gasteiger partial charge in [0.05, 0.1) is 12.5 Å². The van der Waals surface area contributed by atoms with Gasteiger partial charge in [-0.2, -0.15) is 22.0 Å². The predicted molar refractivity (Wildman–Crippen MR) is 85.0 cm³/mol. The van der Waals surface area contributed by atoms with Crippen molar-refractivity contribution >= 4 is 29.3 Å². The predicted octanol–water partition coefficient (Wildman–Crippen LogP) is 1.73. The zero-order valence-corrected chi connectivity index (χ0v) is 13.5. The molecule has 1 aliphatic heterocycles. The van der Waals surface area contributed by atoms with Crippen LogP contribution in [0.4, 0.5) is 5.82 Å². The van der Waals surface area contributed by atoms with Gasteiger partial charge in [0.25, 0.3) is 0 Å². The molecular formula is C13H18N4O2S2. The molecule has 0 atom stereocenters. The number of hydrogen-bond donors (Lipinski definition) is 1. The van der Waals surface area contributed by atoms with Crippen molar-refractivity contribution in [2.24, 2.45) is 0 Å². The van der Waals surface area contributed by atoms with Crippen LogP contribution in [0, 0.1) is 11.3 Å². The maximum Gasteiger partial charge on any atom is 0.238 e. The lowest BCUT2D eigenvalue weighted by molar-refractivity contribution is 0.301. The molecule has 0 bridgehead atoms. The zero-order valence-electron chi connectivity index (χ0n) is 11.9. The Hall–Kier alpha value is -1.17. The molecule has 1 fully saturated rings. The minimum atomic E-state index is -0.103. The molecule has 0 unspecified atom stereocenters. The fourth-order valence-electron chi connectivity index (χ4n) is 1.94. The highest BCUT2D eigenvalue weighted by molar-refractivity contribution is 7.99. The molecule has 0 radical (unpaired) electrons. The highest BCUT2D eigenvalue weighted by atomic mass is 32.2. The number of anilines is 1. The minimum absolute atomic E-state index is 0.103. The summed E-state index contributed by atoms with van der Waals surface area (Å²) < 4.78 is 5.60. The van der Waals surface area contributed by atoms with Crippen LogP contribution in [0.25, 0.3) is 0 Å². The van der Waals surface area contributed by atoms with Crippen LogP contribution in [0.5, 0.6) is 5.88 Å². The second-order valence-electron chi connectivity index (χ2n) is 4.34. The Morgan fingerprint density at radius 3 is 2.81 bits per heavy atom. The van der Waals surface area contributed by atoms with E-state index in [0.717, 1.165) is 42.8 Å². The molecule has 6 nitrogen and oxygen atoms in total. The zero-order chi connectivity index (χ0) is 15.1. The molecule has 0 spiro atoms. The summed E-state index contributed by atoms with van der Waals surface area (Å²) in [5.74, 6) is 2.87. The van der Waals surface area contributed by atoms with E-state index in [2.05, 4.69) is 20.9 Å². The lowest BCUT2D eigenvalue weighted by Crippen LogP contribution is -2.34. The number of aliphatic hydroxyl groups is 1. The second-order valence-corrected chi connectivity index (χ2v) is 6.48. The summed E-state index contributed by atoms with van der Waals surface area (Å²) in [5, 5.41) is 19.0. The fourth-order valence-corrected chi connectivity index (χ4v) is 3.25. The summed E-state index contributed by atoms with van der Waals surface area (Å²) in [6.45, 7) is 4.21. The van der Waals surface area contributed by atoms with Gasteiger partial charge in [-0.25, -0.2) is 4.98 Å². The summed E-state index contributed by atoms with van der Waals surface area (Å²) >= 11 is 3.03. The minimum Gasteiger partial charge on any atom is -0.477 e. The maximum absolute atomic E-state index is 9.45. The Morgan fingerprint density at radius 2 is 2.19 bits per heavy atom. The number of ether oxygens (including phenoxy) is 1. The first kappa shape index (κ1) is 16.2. The molecule has 1 saturated heterocycles. The Morgan fingerprint density at radius 1 is 1.43 bits per heavy atom. The summed E-state index contributed by atoms with van der Waals surface area (Å²) in [6.07, 6.45) is 0.840. The van der Waals surface area contributed by atoms with Crippen LogP contribution in [0.15, 0.2) is 5.16 Å². The van der Waals surface area contributed by atoms with Gasteiger partial charge in [-0.1, -0.05) is 18.7 Å². The van der Waals surface area contributed by atoms with E-state index < -0.39 is 0 Å². The van der Waals surface area contributed by atoms with Crippen LogP contribution in [0.1, 0.15) is 18.9 Å². The van der Waals surface area contributed by atoms with Gasteiger partial charge in [-0.05, 0) is 6.42 Å². The number of nitriles is 1. The van der Waals surface area contributed by atoms with Crippen LogP contribution in [-0.2, 0) is 0 Å². The van der Waals surface area contributed by atoms with Gasteiger partial charge in [-0.3, -0.25) is 0 Å². The molecule has 0 aliphatic carbocycles. The third-order valence-electron chi connectivity index (χ3n) is 2.90. The van der Waals surface area contributed by atoms with E-state index in [1.54, 1.807) is 0 Å². The van der Waals surface area contributed by atoms with E-state index in [9.17, 15) is 5.26 Å². The summed E-state index contributed by atoms with van der Waals surface area (Å²) in [4.78, 5) is 10.8. The molecule has 21 heavy (non-hydrogen) atoms. The van der Waals surface area contributed by atoms with E-state index in [1.165, 1.54) is 0 Å². The number of nitrogens with zero attached hydrogens (tertiary/aromatic N) is 4. The van der Waals surface area contributed by atoms with Crippen molar-refractivity contribution in [3.63, 3.8) is 0 Å². The first-order valence-corrected chi connectivity index (χ1v) is 8.95. The summed E-state index contributed by atoms with van der Waals surface area (Å²) in [7, 11) is 0. The van der Waals surface area contributed by atoms with Crippen molar-refractivity contribution in [2.45, 2.75) is 18.5 Å². The van der Waals surface area contributed by atoms with Crippen LogP contribution in [-0.4, -0.2) is 52.2 Å². The van der Waals surface area contributed by atoms with E-state index in [4.69, 9.17) is 9.84 Å². The first-order valence-electron chi connectivity index (χ1n) is 6.81. The maximum atomic E-state index is 9.45. The Kier molecular flexibility index (Phi) is 6.42. The van der Waals surface area contributed by atoms with Crippen molar-refractivity contribution < 1.29 is 9.84 Å². The van der Waals surface area contributed by atoms with Gasteiger partial charge in [-0.15, -0.1) is 0 Å². The van der Waals surface area contributed by atoms with E-state index >= 15 is 0 Å². The average Bonchev–Trinajstić information content (AvgIpc) is 2.53. The van der Waals surface area contributed by atoms with Crippen LogP contribution in [0.2, 0.25) is 0 Å². The summed E-state index contributed by atoms with van der Waals surface area (Å²) in [5.41, 5.74) is 0.387. The molecule has 0 saturated carbocycles. The largest absolute Gasteiger partial charge is 0.477 e. The van der Waals surface area contributed by atoms with Gasteiger partial charge in [0.15, 0.2) is 16.5 Å². The molecule has 1 N–H and O–H groups in total. The number of hydrogen-bond acceptors (Lipinski definition) is 8. The molecule has 0 amide bonds. The number of aliphatic hydroxyl groups excluding tert-OH is 1. The fraction of sp³-hybridized carbons (Fsp3) is 0.615. The molecule has 2 rings (SSSR count). The number of rotatable bonds is 6. The Bertz CT molecular complexity index is 516. The van der Waals surface area contributed by atoms with E-state index in [-0.39, 0.29) is 5.94 Å². The smallest absolute Gasteiger partial charge is 0.238 e. The van der Waals surface area contributed by atoms with Crippen molar-refractivity contribution in [1.29, 1.82) is 5.26 Å². The number of thioether (sulfide) groups is 2. The monoisotopic (exact) mass is 326 g/mol. The molecule has 114 valence electrons. The highest BCUT2D eigenvalue weighted by Gasteiger charge is 2.22. The Labute approximate surface area is 132 Å². The second kappa shape index (κ2) is 8.32. The average molecular weight is 326 g/mol. The van der Waals surface area contributed by atoms with Gasteiger partial charge < -0.3 is 14.7 Å². The van der Waals surface area contributed by atoms with Crippen molar-refractivity contribution in [2.75, 3.05) is 42.0 Å². The van der Waals surface area contributed by atoms with Crippen LogP contribution >= 0.6 is 23.5 Å². The molecule has 1 aromatic heterocycles. The summed E-state index contributed by atoms with van der Waals surface area (Å²) in [6, 6.07) is 2.17. The van der Waals surface area contributed by atoms with Crippen LogP contribution in [0.3, 0.4) is 0 Å². The van der Waals surface area contributed by atoms with Gasteiger partial charge in [0.1, 0.15) is 6.07 Å². The lowest BCUT2D eigenvalue weighted by Gasteiger charge is -2.28. The molecule has 1 aromatic rings. The van der Waals surface area contributed by atoms with E-state index in [1.807, 2.05) is 18.7 Å². The third kappa shape index (κ3) is 4.15. The van der Waals surface area contributed by atoms with Gasteiger partial charge in [0.2, 0.25) is 5.88 Å². The topological polar surface area (TPSA) is 82.3 Å². The molecule has 2 heterocycles. The highest BCUT2D eigenvalue weighted by Crippen LogP contribution is 2.30. The SMILES string of the molecule is CCCOc1nc(SCO)nc(N2CCSCC2)c1C#N. The molecule has 1 aliphatic rings. The van der Waals surface area contributed by atoms with Crippen LogP contribution < -0.4 is 9.64 Å². The molecular weight excluding hydrogens is 308 g/mol.